The Morgan fingerprint density at radius 2 is 1.94 bits per heavy atom. The third kappa shape index (κ3) is 3.27. The summed E-state index contributed by atoms with van der Waals surface area (Å²) < 4.78 is 1.81. The summed E-state index contributed by atoms with van der Waals surface area (Å²) in [6, 6.07) is 1.96. The minimum Gasteiger partial charge on any atom is -0.354 e. The molecule has 2 rings (SSSR count). The Balaban J connectivity index is 1.89. The van der Waals surface area contributed by atoms with E-state index in [2.05, 4.69) is 20.4 Å². The molecule has 0 unspecified atom stereocenters. The summed E-state index contributed by atoms with van der Waals surface area (Å²) in [7, 11) is 1.92. The van der Waals surface area contributed by atoms with Gasteiger partial charge in [0.2, 0.25) is 5.95 Å². The summed E-state index contributed by atoms with van der Waals surface area (Å²) in [6.07, 6.45) is 4.82. The van der Waals surface area contributed by atoms with Gasteiger partial charge in [-0.2, -0.15) is 5.10 Å². The highest BCUT2D eigenvalue weighted by Crippen LogP contribution is 2.04. The van der Waals surface area contributed by atoms with Crippen LogP contribution < -0.4 is 5.32 Å². The Hall–Kier alpha value is -1.91. The van der Waals surface area contributed by atoms with Crippen LogP contribution in [0.1, 0.15) is 17.0 Å². The summed E-state index contributed by atoms with van der Waals surface area (Å²) in [4.78, 5) is 8.65. The summed E-state index contributed by atoms with van der Waals surface area (Å²) in [5.41, 5.74) is 3.19. The maximum absolute atomic E-state index is 4.33. The average molecular weight is 231 g/mol. The molecule has 2 aromatic rings. The van der Waals surface area contributed by atoms with Gasteiger partial charge in [-0.15, -0.1) is 0 Å². The molecule has 0 saturated carbocycles. The van der Waals surface area contributed by atoms with Crippen LogP contribution in [0.3, 0.4) is 0 Å². The number of nitrogens with one attached hydrogen (secondary N) is 1. The van der Waals surface area contributed by atoms with E-state index >= 15 is 0 Å². The molecule has 0 fully saturated rings. The van der Waals surface area contributed by atoms with Crippen LogP contribution in [0.5, 0.6) is 0 Å². The molecular formula is C12H17N5. The van der Waals surface area contributed by atoms with Gasteiger partial charge in [0.1, 0.15) is 0 Å². The number of aryl methyl sites for hydroxylation is 3. The lowest BCUT2D eigenvalue weighted by atomic mass is 10.2. The van der Waals surface area contributed by atoms with Gasteiger partial charge in [0.15, 0.2) is 0 Å². The average Bonchev–Trinajstić information content (AvgIpc) is 2.63. The molecule has 0 aliphatic heterocycles. The zero-order valence-electron chi connectivity index (χ0n) is 10.4. The predicted molar refractivity (Wildman–Crippen MR) is 66.9 cm³/mol. The minimum atomic E-state index is 0.700. The normalized spacial score (nSPS) is 10.5. The molecule has 0 aliphatic carbocycles. The van der Waals surface area contributed by atoms with Crippen molar-refractivity contribution in [3.8, 4) is 0 Å². The van der Waals surface area contributed by atoms with Gasteiger partial charge in [0.05, 0.1) is 6.20 Å². The predicted octanol–water partition coefficient (Wildman–Crippen LogP) is 1.48. The van der Waals surface area contributed by atoms with Crippen molar-refractivity contribution in [2.24, 2.45) is 7.05 Å². The Labute approximate surface area is 101 Å². The first kappa shape index (κ1) is 11.6. The monoisotopic (exact) mass is 231 g/mol. The van der Waals surface area contributed by atoms with E-state index in [-0.39, 0.29) is 0 Å². The van der Waals surface area contributed by atoms with Crippen LogP contribution in [-0.4, -0.2) is 26.3 Å². The maximum Gasteiger partial charge on any atom is 0.223 e. The molecule has 0 spiro atoms. The molecule has 2 aromatic heterocycles. The maximum atomic E-state index is 4.33. The summed E-state index contributed by atoms with van der Waals surface area (Å²) in [5, 5.41) is 7.35. The number of rotatable bonds is 4. The van der Waals surface area contributed by atoms with Crippen molar-refractivity contribution >= 4 is 5.95 Å². The van der Waals surface area contributed by atoms with E-state index < -0.39 is 0 Å². The molecular weight excluding hydrogens is 214 g/mol. The highest BCUT2D eigenvalue weighted by atomic mass is 15.2. The molecule has 0 radical (unpaired) electrons. The minimum absolute atomic E-state index is 0.700. The molecule has 2 heterocycles. The fourth-order valence-corrected chi connectivity index (χ4v) is 1.72. The van der Waals surface area contributed by atoms with Crippen molar-refractivity contribution in [2.75, 3.05) is 11.9 Å². The highest BCUT2D eigenvalue weighted by Gasteiger charge is 2.00. The second-order valence-corrected chi connectivity index (χ2v) is 4.17. The first-order valence-corrected chi connectivity index (χ1v) is 5.67. The molecule has 0 bridgehead atoms. The van der Waals surface area contributed by atoms with Crippen molar-refractivity contribution in [3.05, 3.63) is 35.4 Å². The Bertz CT molecular complexity index is 483. The Morgan fingerprint density at radius 3 is 2.53 bits per heavy atom. The lowest BCUT2D eigenvalue weighted by molar-refractivity contribution is 0.766. The van der Waals surface area contributed by atoms with Gasteiger partial charge in [-0.3, -0.25) is 4.68 Å². The second kappa shape index (κ2) is 4.95. The zero-order valence-corrected chi connectivity index (χ0v) is 10.4. The second-order valence-electron chi connectivity index (χ2n) is 4.17. The quantitative estimate of drug-likeness (QED) is 0.866. The topological polar surface area (TPSA) is 55.6 Å². The molecule has 0 saturated heterocycles. The van der Waals surface area contributed by atoms with Gasteiger partial charge < -0.3 is 5.32 Å². The first-order chi connectivity index (χ1) is 8.13. The molecule has 0 aromatic carbocycles. The van der Waals surface area contributed by atoms with Gasteiger partial charge in [0.25, 0.3) is 0 Å². The van der Waals surface area contributed by atoms with Crippen LogP contribution in [0.25, 0.3) is 0 Å². The molecule has 0 atom stereocenters. The van der Waals surface area contributed by atoms with Crippen molar-refractivity contribution in [1.82, 2.24) is 19.7 Å². The largest absolute Gasteiger partial charge is 0.354 e. The Kier molecular flexibility index (Phi) is 3.37. The number of anilines is 1. The SMILES string of the molecule is Cc1cc(C)nc(NCCc2cnn(C)c2)n1. The molecule has 0 aliphatic rings. The van der Waals surface area contributed by atoms with Crippen LogP contribution in [0.2, 0.25) is 0 Å². The van der Waals surface area contributed by atoms with Gasteiger partial charge in [-0.25, -0.2) is 9.97 Å². The number of hydrogen-bond donors (Lipinski definition) is 1. The van der Waals surface area contributed by atoms with Crippen molar-refractivity contribution in [3.63, 3.8) is 0 Å². The summed E-state index contributed by atoms with van der Waals surface area (Å²) in [5.74, 6) is 0.700. The van der Waals surface area contributed by atoms with Gasteiger partial charge in [-0.05, 0) is 31.9 Å². The summed E-state index contributed by atoms with van der Waals surface area (Å²) in [6.45, 7) is 4.76. The van der Waals surface area contributed by atoms with E-state index in [1.165, 1.54) is 5.56 Å². The zero-order chi connectivity index (χ0) is 12.3. The van der Waals surface area contributed by atoms with Gasteiger partial charge >= 0.3 is 0 Å². The standard InChI is InChI=1S/C12H17N5/c1-9-6-10(2)16-12(15-9)13-5-4-11-7-14-17(3)8-11/h6-8H,4-5H2,1-3H3,(H,13,15,16). The van der Waals surface area contributed by atoms with Crippen LogP contribution >= 0.6 is 0 Å². The summed E-state index contributed by atoms with van der Waals surface area (Å²) >= 11 is 0. The van der Waals surface area contributed by atoms with Crippen molar-refractivity contribution in [2.45, 2.75) is 20.3 Å². The van der Waals surface area contributed by atoms with Crippen molar-refractivity contribution in [1.29, 1.82) is 0 Å². The van der Waals surface area contributed by atoms with Crippen LogP contribution in [0.15, 0.2) is 18.5 Å². The van der Waals surface area contributed by atoms with Gasteiger partial charge in [-0.1, -0.05) is 0 Å². The van der Waals surface area contributed by atoms with E-state index in [1.807, 2.05) is 44.0 Å². The van der Waals surface area contributed by atoms with Crippen LogP contribution in [0.4, 0.5) is 5.95 Å². The fourth-order valence-electron chi connectivity index (χ4n) is 1.72. The third-order valence-corrected chi connectivity index (χ3v) is 2.44. The number of nitrogens with zero attached hydrogens (tertiary/aromatic N) is 4. The van der Waals surface area contributed by atoms with Crippen LogP contribution in [-0.2, 0) is 13.5 Å². The van der Waals surface area contributed by atoms with E-state index in [9.17, 15) is 0 Å². The van der Waals surface area contributed by atoms with E-state index in [4.69, 9.17) is 0 Å². The van der Waals surface area contributed by atoms with Crippen molar-refractivity contribution < 1.29 is 0 Å². The fraction of sp³-hybridized carbons (Fsp3) is 0.417. The smallest absolute Gasteiger partial charge is 0.223 e. The molecule has 1 N–H and O–H groups in total. The molecule has 5 heteroatoms. The first-order valence-electron chi connectivity index (χ1n) is 5.67. The number of aromatic nitrogens is 4. The number of hydrogen-bond acceptors (Lipinski definition) is 4. The van der Waals surface area contributed by atoms with E-state index in [1.54, 1.807) is 0 Å². The lowest BCUT2D eigenvalue weighted by Crippen LogP contribution is -2.08. The molecule has 17 heavy (non-hydrogen) atoms. The van der Waals surface area contributed by atoms with E-state index in [0.717, 1.165) is 24.4 Å². The Morgan fingerprint density at radius 1 is 1.24 bits per heavy atom. The third-order valence-electron chi connectivity index (χ3n) is 2.44. The molecule has 90 valence electrons. The lowest BCUT2D eigenvalue weighted by Gasteiger charge is -2.05. The highest BCUT2D eigenvalue weighted by molar-refractivity contribution is 5.27. The van der Waals surface area contributed by atoms with Gasteiger partial charge in [0, 0.05) is 31.2 Å². The van der Waals surface area contributed by atoms with Crippen LogP contribution in [0, 0.1) is 13.8 Å². The molecule has 5 nitrogen and oxygen atoms in total. The molecule has 0 amide bonds. The van der Waals surface area contributed by atoms with E-state index in [0.29, 0.717) is 5.95 Å².